The maximum absolute atomic E-state index is 9.01. The van der Waals surface area contributed by atoms with Gasteiger partial charge in [-0.25, -0.2) is 0 Å². The van der Waals surface area contributed by atoms with Crippen molar-refractivity contribution in [1.29, 1.82) is 0 Å². The minimum absolute atomic E-state index is 0.119. The van der Waals surface area contributed by atoms with Crippen molar-refractivity contribution in [3.05, 3.63) is 41.4 Å². The Morgan fingerprint density at radius 2 is 2.31 bits per heavy atom. The Hall–Kier alpha value is -0.990. The Morgan fingerprint density at radius 3 is 2.92 bits per heavy atom. The summed E-state index contributed by atoms with van der Waals surface area (Å²) in [4.78, 5) is 0. The largest absolute Gasteiger partial charge is 0.489 e. The molecule has 1 aromatic carbocycles. The summed E-state index contributed by atoms with van der Waals surface area (Å²) in [6.45, 7) is 3.82. The molecule has 0 bridgehead atoms. The highest BCUT2D eigenvalue weighted by atomic mass is 35.5. The summed E-state index contributed by atoms with van der Waals surface area (Å²) in [6.07, 6.45) is 1.64. The number of hydrogen-bond donors (Lipinski definition) is 1. The number of rotatable bonds is 4. The molecule has 0 saturated carbocycles. The molecule has 2 nitrogen and oxygen atoms in total. The number of aliphatic hydroxyl groups excluding tert-OH is 1. The van der Waals surface area contributed by atoms with Crippen molar-refractivity contribution in [2.75, 3.05) is 6.61 Å². The quantitative estimate of drug-likeness (QED) is 0.753. The third kappa shape index (κ3) is 2.47. The Labute approximate surface area is 82.4 Å². The summed E-state index contributed by atoms with van der Waals surface area (Å²) in [5, 5.41) is 9.53. The maximum atomic E-state index is 9.01. The lowest BCUT2D eigenvalue weighted by molar-refractivity contribution is 0.270. The molecule has 0 atom stereocenters. The van der Waals surface area contributed by atoms with E-state index in [-0.39, 0.29) is 6.61 Å². The first-order valence-electron chi connectivity index (χ1n) is 3.91. The van der Waals surface area contributed by atoms with E-state index in [2.05, 4.69) is 6.58 Å². The molecule has 70 valence electrons. The molecule has 0 aliphatic carbocycles. The highest BCUT2D eigenvalue weighted by molar-refractivity contribution is 6.31. The molecule has 13 heavy (non-hydrogen) atoms. The Morgan fingerprint density at radius 1 is 1.54 bits per heavy atom. The predicted octanol–water partition coefficient (Wildman–Crippen LogP) is 2.40. The van der Waals surface area contributed by atoms with Gasteiger partial charge in [0.15, 0.2) is 0 Å². The number of aliphatic hydroxyl groups is 1. The van der Waals surface area contributed by atoms with Crippen LogP contribution in [-0.2, 0) is 6.61 Å². The van der Waals surface area contributed by atoms with Gasteiger partial charge in [-0.3, -0.25) is 0 Å². The predicted molar refractivity (Wildman–Crippen MR) is 53.1 cm³/mol. The third-order valence-electron chi connectivity index (χ3n) is 1.59. The minimum atomic E-state index is -0.119. The zero-order chi connectivity index (χ0) is 9.68. The molecule has 0 fully saturated rings. The monoisotopic (exact) mass is 198 g/mol. The van der Waals surface area contributed by atoms with Crippen LogP contribution >= 0.6 is 11.6 Å². The molecule has 0 radical (unpaired) electrons. The van der Waals surface area contributed by atoms with E-state index < -0.39 is 0 Å². The smallest absolute Gasteiger partial charge is 0.126 e. The molecular weight excluding hydrogens is 188 g/mol. The molecule has 1 N–H and O–H groups in total. The van der Waals surface area contributed by atoms with Crippen molar-refractivity contribution in [1.82, 2.24) is 0 Å². The van der Waals surface area contributed by atoms with E-state index >= 15 is 0 Å². The van der Waals surface area contributed by atoms with Gasteiger partial charge in [0, 0.05) is 10.6 Å². The zero-order valence-corrected chi connectivity index (χ0v) is 7.92. The maximum Gasteiger partial charge on any atom is 0.126 e. The first kappa shape index (κ1) is 10.1. The summed E-state index contributed by atoms with van der Waals surface area (Å²) in [5.41, 5.74) is 0.617. The fourth-order valence-electron chi connectivity index (χ4n) is 0.976. The van der Waals surface area contributed by atoms with Crippen molar-refractivity contribution in [2.24, 2.45) is 0 Å². The van der Waals surface area contributed by atoms with Gasteiger partial charge in [-0.1, -0.05) is 30.3 Å². The third-order valence-corrected chi connectivity index (χ3v) is 1.94. The van der Waals surface area contributed by atoms with Gasteiger partial charge in [0.1, 0.15) is 12.4 Å². The second-order valence-corrected chi connectivity index (χ2v) is 2.88. The Bertz CT molecular complexity index is 297. The van der Waals surface area contributed by atoms with Gasteiger partial charge in [-0.05, 0) is 12.1 Å². The number of ether oxygens (including phenoxy) is 1. The second-order valence-electron chi connectivity index (χ2n) is 2.47. The molecule has 3 heteroatoms. The molecule has 0 amide bonds. The highest BCUT2D eigenvalue weighted by Crippen LogP contribution is 2.26. The average molecular weight is 199 g/mol. The van der Waals surface area contributed by atoms with Crippen molar-refractivity contribution in [2.45, 2.75) is 6.61 Å². The zero-order valence-electron chi connectivity index (χ0n) is 7.16. The Kier molecular flexibility index (Phi) is 3.80. The highest BCUT2D eigenvalue weighted by Gasteiger charge is 2.05. The molecule has 1 rings (SSSR count). The fourth-order valence-corrected chi connectivity index (χ4v) is 1.20. The molecule has 0 spiro atoms. The summed E-state index contributed by atoms with van der Waals surface area (Å²) in [5.74, 6) is 0.606. The van der Waals surface area contributed by atoms with Gasteiger partial charge < -0.3 is 9.84 Å². The van der Waals surface area contributed by atoms with Crippen LogP contribution in [0.2, 0.25) is 5.02 Å². The van der Waals surface area contributed by atoms with E-state index in [1.54, 1.807) is 24.3 Å². The van der Waals surface area contributed by atoms with Crippen LogP contribution < -0.4 is 4.74 Å². The standard InChI is InChI=1S/C10H11ClO2/c1-2-6-13-10-5-3-4-9(11)8(10)7-12/h2-5,12H,1,6-7H2. The van der Waals surface area contributed by atoms with Crippen molar-refractivity contribution in [3.63, 3.8) is 0 Å². The lowest BCUT2D eigenvalue weighted by Gasteiger charge is -2.09. The van der Waals surface area contributed by atoms with E-state index in [9.17, 15) is 0 Å². The van der Waals surface area contributed by atoms with E-state index in [0.29, 0.717) is 22.9 Å². The first-order valence-corrected chi connectivity index (χ1v) is 4.29. The molecule has 0 aliphatic rings. The van der Waals surface area contributed by atoms with E-state index in [0.717, 1.165) is 0 Å². The van der Waals surface area contributed by atoms with Gasteiger partial charge in [0.25, 0.3) is 0 Å². The van der Waals surface area contributed by atoms with Crippen LogP contribution in [0.15, 0.2) is 30.9 Å². The summed E-state index contributed by atoms with van der Waals surface area (Å²) >= 11 is 5.84. The fraction of sp³-hybridized carbons (Fsp3) is 0.200. The van der Waals surface area contributed by atoms with Crippen LogP contribution in [0, 0.1) is 0 Å². The lowest BCUT2D eigenvalue weighted by Crippen LogP contribution is -1.97. The second kappa shape index (κ2) is 4.90. The van der Waals surface area contributed by atoms with Crippen LogP contribution in [0.1, 0.15) is 5.56 Å². The number of benzene rings is 1. The van der Waals surface area contributed by atoms with Crippen LogP contribution in [-0.4, -0.2) is 11.7 Å². The van der Waals surface area contributed by atoms with E-state index in [4.69, 9.17) is 21.4 Å². The molecule has 1 aromatic rings. The molecule has 0 heterocycles. The lowest BCUT2D eigenvalue weighted by atomic mass is 10.2. The SMILES string of the molecule is C=CCOc1cccc(Cl)c1CO. The molecule has 0 unspecified atom stereocenters. The first-order chi connectivity index (χ1) is 6.29. The molecule has 0 aromatic heterocycles. The summed E-state index contributed by atoms with van der Waals surface area (Å²) in [7, 11) is 0. The summed E-state index contributed by atoms with van der Waals surface area (Å²) < 4.78 is 5.30. The normalized spacial score (nSPS) is 9.69. The van der Waals surface area contributed by atoms with Crippen molar-refractivity contribution in [3.8, 4) is 5.75 Å². The molecule has 0 saturated heterocycles. The molecule has 0 aliphatic heterocycles. The van der Waals surface area contributed by atoms with Crippen LogP contribution in [0.5, 0.6) is 5.75 Å². The van der Waals surface area contributed by atoms with E-state index in [1.807, 2.05) is 0 Å². The van der Waals surface area contributed by atoms with Gasteiger partial charge in [0.2, 0.25) is 0 Å². The number of halogens is 1. The van der Waals surface area contributed by atoms with Gasteiger partial charge >= 0.3 is 0 Å². The minimum Gasteiger partial charge on any atom is -0.489 e. The van der Waals surface area contributed by atoms with Crippen LogP contribution in [0.25, 0.3) is 0 Å². The number of hydrogen-bond acceptors (Lipinski definition) is 2. The van der Waals surface area contributed by atoms with Crippen LogP contribution in [0.4, 0.5) is 0 Å². The van der Waals surface area contributed by atoms with E-state index in [1.165, 1.54) is 0 Å². The van der Waals surface area contributed by atoms with Gasteiger partial charge in [-0.2, -0.15) is 0 Å². The van der Waals surface area contributed by atoms with Gasteiger partial charge in [-0.15, -0.1) is 0 Å². The van der Waals surface area contributed by atoms with Crippen molar-refractivity contribution < 1.29 is 9.84 Å². The van der Waals surface area contributed by atoms with Crippen molar-refractivity contribution >= 4 is 11.6 Å². The average Bonchev–Trinajstić information content (AvgIpc) is 2.15. The summed E-state index contributed by atoms with van der Waals surface area (Å²) in [6, 6.07) is 5.26. The Balaban J connectivity index is 2.91. The van der Waals surface area contributed by atoms with Gasteiger partial charge in [0.05, 0.1) is 6.61 Å². The topological polar surface area (TPSA) is 29.5 Å². The van der Waals surface area contributed by atoms with Crippen LogP contribution in [0.3, 0.4) is 0 Å². The molecular formula is C10H11ClO2.